The maximum absolute atomic E-state index is 13.9. The van der Waals surface area contributed by atoms with Crippen molar-refractivity contribution in [3.63, 3.8) is 0 Å². The number of halogens is 2. The van der Waals surface area contributed by atoms with Crippen LogP contribution in [0.15, 0.2) is 66.7 Å². The molecule has 1 fully saturated rings. The van der Waals surface area contributed by atoms with Crippen LogP contribution in [0.4, 0.5) is 14.5 Å². The van der Waals surface area contributed by atoms with Crippen LogP contribution in [-0.4, -0.2) is 29.5 Å². The summed E-state index contributed by atoms with van der Waals surface area (Å²) in [6.07, 6.45) is 1.70. The first-order chi connectivity index (χ1) is 17.8. The molecule has 192 valence electrons. The summed E-state index contributed by atoms with van der Waals surface area (Å²) in [4.78, 5) is 27.1. The smallest absolute Gasteiger partial charge is 0.255 e. The SMILES string of the molecule is C[C@H](NC[C@@H](O)c1cc(F)cc(F)c1)C(=O)NN1C(=O)C(CC2CC2)c2ccccc2-c2ccccc21. The van der Waals surface area contributed by atoms with E-state index in [1.165, 1.54) is 5.01 Å². The van der Waals surface area contributed by atoms with Crippen LogP contribution in [0.25, 0.3) is 11.1 Å². The van der Waals surface area contributed by atoms with Crippen molar-refractivity contribution in [3.05, 3.63) is 89.5 Å². The third kappa shape index (κ3) is 5.40. The van der Waals surface area contributed by atoms with Crippen molar-refractivity contribution in [2.75, 3.05) is 11.6 Å². The normalized spacial score (nSPS) is 18.4. The summed E-state index contributed by atoms with van der Waals surface area (Å²) >= 11 is 0. The highest BCUT2D eigenvalue weighted by Crippen LogP contribution is 2.45. The molecule has 2 aliphatic rings. The number of amides is 2. The van der Waals surface area contributed by atoms with E-state index in [9.17, 15) is 23.5 Å². The molecule has 2 amide bonds. The highest BCUT2D eigenvalue weighted by molar-refractivity contribution is 6.06. The number of hydrogen-bond donors (Lipinski definition) is 3. The number of carbonyl (C=O) groups excluding carboxylic acids is 2. The van der Waals surface area contributed by atoms with E-state index in [0.29, 0.717) is 11.6 Å². The lowest BCUT2D eigenvalue weighted by Crippen LogP contribution is -2.54. The largest absolute Gasteiger partial charge is 0.387 e. The summed E-state index contributed by atoms with van der Waals surface area (Å²) < 4.78 is 27.0. The first-order valence-corrected chi connectivity index (χ1v) is 12.5. The maximum atomic E-state index is 13.9. The molecule has 0 aromatic heterocycles. The van der Waals surface area contributed by atoms with Crippen LogP contribution in [0, 0.1) is 17.6 Å². The minimum absolute atomic E-state index is 0.0647. The minimum Gasteiger partial charge on any atom is -0.387 e. The Hall–Kier alpha value is -3.62. The fourth-order valence-electron chi connectivity index (χ4n) is 4.85. The zero-order valence-corrected chi connectivity index (χ0v) is 20.5. The standard InChI is InChI=1S/C29H29F2N3O3/c1-17(32-16-27(35)19-13-20(30)15-21(31)14-19)28(36)33-34-26-9-5-4-8-24(26)22-6-2-3-7-23(22)25(29(34)37)12-18-10-11-18/h2-9,13-15,17-18,25,27,32,35H,10-12,16H2,1H3,(H,33,36)/t17-,25?,27+/m0/s1. The number of nitrogens with one attached hydrogen (secondary N) is 2. The number of rotatable bonds is 8. The summed E-state index contributed by atoms with van der Waals surface area (Å²) in [6, 6.07) is 17.4. The number of fused-ring (bicyclic) bond motifs is 3. The molecule has 5 rings (SSSR count). The fraction of sp³-hybridized carbons (Fsp3) is 0.310. The first-order valence-electron chi connectivity index (χ1n) is 12.5. The molecule has 3 atom stereocenters. The lowest BCUT2D eigenvalue weighted by molar-refractivity contribution is -0.127. The zero-order chi connectivity index (χ0) is 26.1. The Morgan fingerprint density at radius 2 is 1.68 bits per heavy atom. The third-order valence-corrected chi connectivity index (χ3v) is 7.06. The molecule has 37 heavy (non-hydrogen) atoms. The van der Waals surface area contributed by atoms with E-state index in [0.717, 1.165) is 54.2 Å². The number of anilines is 1. The molecular formula is C29H29F2N3O3. The van der Waals surface area contributed by atoms with E-state index in [1.807, 2.05) is 48.5 Å². The quantitative estimate of drug-likeness (QED) is 0.418. The van der Waals surface area contributed by atoms with Crippen LogP contribution >= 0.6 is 0 Å². The van der Waals surface area contributed by atoms with Gasteiger partial charge in [-0.25, -0.2) is 13.8 Å². The van der Waals surface area contributed by atoms with E-state index in [4.69, 9.17) is 0 Å². The van der Waals surface area contributed by atoms with E-state index in [2.05, 4.69) is 10.7 Å². The zero-order valence-electron chi connectivity index (χ0n) is 20.5. The predicted octanol–water partition coefficient (Wildman–Crippen LogP) is 4.61. The monoisotopic (exact) mass is 505 g/mol. The van der Waals surface area contributed by atoms with Gasteiger partial charge in [0.25, 0.3) is 11.8 Å². The van der Waals surface area contributed by atoms with Crippen molar-refractivity contribution in [1.29, 1.82) is 0 Å². The molecule has 1 heterocycles. The van der Waals surface area contributed by atoms with Gasteiger partial charge >= 0.3 is 0 Å². The molecule has 3 N–H and O–H groups in total. The fourth-order valence-corrected chi connectivity index (χ4v) is 4.85. The molecule has 1 unspecified atom stereocenters. The molecule has 0 bridgehead atoms. The predicted molar refractivity (Wildman–Crippen MR) is 136 cm³/mol. The van der Waals surface area contributed by atoms with Crippen LogP contribution in [0.2, 0.25) is 0 Å². The molecule has 0 spiro atoms. The van der Waals surface area contributed by atoms with Crippen molar-refractivity contribution in [2.45, 2.75) is 44.2 Å². The van der Waals surface area contributed by atoms with Crippen molar-refractivity contribution < 1.29 is 23.5 Å². The molecule has 8 heteroatoms. The Labute approximate surface area is 214 Å². The number of benzene rings is 3. The summed E-state index contributed by atoms with van der Waals surface area (Å²) in [5, 5.41) is 14.6. The summed E-state index contributed by atoms with van der Waals surface area (Å²) in [6.45, 7) is 1.48. The molecule has 1 aliphatic heterocycles. The molecule has 3 aromatic carbocycles. The molecule has 6 nitrogen and oxygen atoms in total. The lowest BCUT2D eigenvalue weighted by Gasteiger charge is -2.28. The second kappa shape index (κ2) is 10.4. The number of para-hydroxylation sites is 1. The Morgan fingerprint density at radius 1 is 1.03 bits per heavy atom. The van der Waals surface area contributed by atoms with Crippen molar-refractivity contribution >= 4 is 17.5 Å². The molecule has 1 saturated carbocycles. The van der Waals surface area contributed by atoms with Crippen molar-refractivity contribution in [3.8, 4) is 11.1 Å². The van der Waals surface area contributed by atoms with Crippen molar-refractivity contribution in [2.24, 2.45) is 5.92 Å². The molecular weight excluding hydrogens is 476 g/mol. The summed E-state index contributed by atoms with van der Waals surface area (Å²) in [5.74, 6) is -2.14. The summed E-state index contributed by atoms with van der Waals surface area (Å²) in [5.41, 5.74) is 6.23. The van der Waals surface area contributed by atoms with Gasteiger partial charge in [-0.2, -0.15) is 0 Å². The molecule has 3 aromatic rings. The Bertz CT molecular complexity index is 1310. The van der Waals surface area contributed by atoms with Gasteiger partial charge in [0.15, 0.2) is 0 Å². The van der Waals surface area contributed by atoms with Crippen LogP contribution in [-0.2, 0) is 9.59 Å². The van der Waals surface area contributed by atoms with E-state index in [1.54, 1.807) is 6.92 Å². The van der Waals surface area contributed by atoms with Gasteiger partial charge < -0.3 is 10.4 Å². The maximum Gasteiger partial charge on any atom is 0.255 e. The van der Waals surface area contributed by atoms with E-state index < -0.39 is 29.7 Å². The first kappa shape index (κ1) is 25.0. The highest BCUT2D eigenvalue weighted by Gasteiger charge is 2.38. The Kier molecular flexibility index (Phi) is 7.04. The minimum atomic E-state index is -1.22. The lowest BCUT2D eigenvalue weighted by atomic mass is 9.88. The van der Waals surface area contributed by atoms with Gasteiger partial charge in [-0.1, -0.05) is 55.3 Å². The highest BCUT2D eigenvalue weighted by atomic mass is 19.1. The van der Waals surface area contributed by atoms with Gasteiger partial charge in [0, 0.05) is 18.2 Å². The van der Waals surface area contributed by atoms with Crippen LogP contribution in [0.3, 0.4) is 0 Å². The second-order valence-electron chi connectivity index (χ2n) is 9.83. The van der Waals surface area contributed by atoms with Gasteiger partial charge in [-0.05, 0) is 54.2 Å². The number of aliphatic hydroxyl groups excluding tert-OH is 1. The Balaban J connectivity index is 1.35. The second-order valence-corrected chi connectivity index (χ2v) is 9.83. The summed E-state index contributed by atoms with van der Waals surface area (Å²) in [7, 11) is 0. The van der Waals surface area contributed by atoms with Gasteiger partial charge in [0.2, 0.25) is 0 Å². The van der Waals surface area contributed by atoms with Crippen LogP contribution in [0.1, 0.15) is 49.3 Å². The topological polar surface area (TPSA) is 81.7 Å². The molecule has 0 radical (unpaired) electrons. The number of hydrazine groups is 1. The van der Waals surface area contributed by atoms with E-state index >= 15 is 0 Å². The average molecular weight is 506 g/mol. The van der Waals surface area contributed by atoms with Crippen LogP contribution in [0.5, 0.6) is 0 Å². The van der Waals surface area contributed by atoms with Gasteiger partial charge in [-0.3, -0.25) is 15.0 Å². The van der Waals surface area contributed by atoms with E-state index in [-0.39, 0.29) is 23.9 Å². The Morgan fingerprint density at radius 3 is 2.38 bits per heavy atom. The number of aliphatic hydroxyl groups is 1. The van der Waals surface area contributed by atoms with Gasteiger partial charge in [-0.15, -0.1) is 0 Å². The average Bonchev–Trinajstić information content (AvgIpc) is 3.72. The van der Waals surface area contributed by atoms with Gasteiger partial charge in [0.05, 0.1) is 23.8 Å². The van der Waals surface area contributed by atoms with Gasteiger partial charge in [0.1, 0.15) is 11.6 Å². The number of nitrogens with zero attached hydrogens (tertiary/aromatic N) is 1. The third-order valence-electron chi connectivity index (χ3n) is 7.06. The van der Waals surface area contributed by atoms with Crippen molar-refractivity contribution in [1.82, 2.24) is 10.7 Å². The molecule has 1 aliphatic carbocycles. The number of hydrogen-bond acceptors (Lipinski definition) is 4. The van der Waals surface area contributed by atoms with Crippen LogP contribution < -0.4 is 15.8 Å². The molecule has 0 saturated heterocycles. The number of carbonyl (C=O) groups is 2.